The Morgan fingerprint density at radius 1 is 1.26 bits per heavy atom. The van der Waals surface area contributed by atoms with E-state index in [1.165, 1.54) is 19.1 Å². The van der Waals surface area contributed by atoms with Crippen molar-refractivity contribution in [2.45, 2.75) is 19.4 Å². The third kappa shape index (κ3) is 3.37. The van der Waals surface area contributed by atoms with Crippen molar-refractivity contribution < 1.29 is 19.6 Å². The first-order valence-electron chi connectivity index (χ1n) is 7.12. The fourth-order valence-corrected chi connectivity index (χ4v) is 2.35. The Morgan fingerprint density at radius 2 is 1.91 bits per heavy atom. The first-order chi connectivity index (χ1) is 10.9. The zero-order valence-corrected chi connectivity index (χ0v) is 12.9. The highest BCUT2D eigenvalue weighted by Gasteiger charge is 2.33. The summed E-state index contributed by atoms with van der Waals surface area (Å²) in [6.45, 7) is 3.31. The molecule has 6 heteroatoms. The fourth-order valence-electron chi connectivity index (χ4n) is 2.35. The first kappa shape index (κ1) is 16.6. The largest absolute Gasteiger partial charge is 0.462 e. The van der Waals surface area contributed by atoms with E-state index in [9.17, 15) is 20.0 Å². The summed E-state index contributed by atoms with van der Waals surface area (Å²) < 4.78 is 4.85. The molecular formula is C17H17NO5. The molecule has 1 atom stereocenters. The van der Waals surface area contributed by atoms with Crippen molar-refractivity contribution in [3.63, 3.8) is 0 Å². The van der Waals surface area contributed by atoms with Gasteiger partial charge in [-0.2, -0.15) is 0 Å². The maximum atomic E-state index is 11.7. The smallest absolute Gasteiger partial charge is 0.338 e. The van der Waals surface area contributed by atoms with Gasteiger partial charge in [0.2, 0.25) is 0 Å². The summed E-state index contributed by atoms with van der Waals surface area (Å²) in [5, 5.41) is 22.2. The van der Waals surface area contributed by atoms with Crippen molar-refractivity contribution >= 4 is 11.7 Å². The van der Waals surface area contributed by atoms with Gasteiger partial charge >= 0.3 is 5.97 Å². The second-order valence-corrected chi connectivity index (χ2v) is 5.15. The molecule has 0 aliphatic carbocycles. The molecule has 0 aliphatic heterocycles. The second-order valence-electron chi connectivity index (χ2n) is 5.15. The molecule has 0 amide bonds. The zero-order chi connectivity index (χ0) is 17.0. The van der Waals surface area contributed by atoms with E-state index in [1.807, 2.05) is 0 Å². The number of carbonyl (C=O) groups excluding carboxylic acids is 1. The molecule has 0 aliphatic rings. The molecule has 2 rings (SSSR count). The van der Waals surface area contributed by atoms with Crippen LogP contribution in [0.25, 0.3) is 0 Å². The minimum absolute atomic E-state index is 0.0751. The third-order valence-electron chi connectivity index (χ3n) is 3.57. The lowest BCUT2D eigenvalue weighted by atomic mass is 9.86. The van der Waals surface area contributed by atoms with Crippen LogP contribution in [0.2, 0.25) is 0 Å². The molecule has 2 aromatic rings. The van der Waals surface area contributed by atoms with E-state index in [1.54, 1.807) is 37.3 Å². The topological polar surface area (TPSA) is 89.7 Å². The monoisotopic (exact) mass is 315 g/mol. The maximum absolute atomic E-state index is 11.7. The van der Waals surface area contributed by atoms with Crippen LogP contribution in [-0.2, 0) is 10.3 Å². The predicted octanol–water partition coefficient (Wildman–Crippen LogP) is 3.03. The van der Waals surface area contributed by atoms with Gasteiger partial charge in [0, 0.05) is 6.07 Å². The molecule has 0 aromatic heterocycles. The van der Waals surface area contributed by atoms with Crippen LogP contribution >= 0.6 is 0 Å². The number of hydrogen-bond donors (Lipinski definition) is 1. The molecule has 120 valence electrons. The van der Waals surface area contributed by atoms with Crippen LogP contribution in [0.15, 0.2) is 48.5 Å². The van der Waals surface area contributed by atoms with Gasteiger partial charge in [-0.3, -0.25) is 10.1 Å². The Bertz CT molecular complexity index is 725. The van der Waals surface area contributed by atoms with E-state index >= 15 is 0 Å². The van der Waals surface area contributed by atoms with Crippen molar-refractivity contribution in [2.24, 2.45) is 0 Å². The van der Waals surface area contributed by atoms with Crippen LogP contribution in [0.4, 0.5) is 5.69 Å². The quantitative estimate of drug-likeness (QED) is 0.520. The number of esters is 1. The molecule has 0 heterocycles. The lowest BCUT2D eigenvalue weighted by molar-refractivity contribution is -0.386. The van der Waals surface area contributed by atoms with Crippen molar-refractivity contribution in [1.29, 1.82) is 0 Å². The van der Waals surface area contributed by atoms with Crippen LogP contribution < -0.4 is 0 Å². The standard InChI is InChI=1S/C17H17NO5/c1-3-23-16(19)12-9-10-14(15(11-12)18(21)22)17(2,20)13-7-5-4-6-8-13/h4-11,20H,3H2,1-2H3. The highest BCUT2D eigenvalue weighted by Crippen LogP contribution is 2.35. The van der Waals surface area contributed by atoms with E-state index in [0.717, 1.165) is 6.07 Å². The third-order valence-corrected chi connectivity index (χ3v) is 3.57. The fraction of sp³-hybridized carbons (Fsp3) is 0.235. The van der Waals surface area contributed by atoms with Crippen LogP contribution in [0.3, 0.4) is 0 Å². The molecule has 1 N–H and O–H groups in total. The summed E-state index contributed by atoms with van der Waals surface area (Å²) >= 11 is 0. The number of aliphatic hydroxyl groups is 1. The molecule has 2 aromatic carbocycles. The lowest BCUT2D eigenvalue weighted by Gasteiger charge is -2.24. The zero-order valence-electron chi connectivity index (χ0n) is 12.9. The molecule has 23 heavy (non-hydrogen) atoms. The van der Waals surface area contributed by atoms with Gasteiger partial charge in [0.05, 0.1) is 22.7 Å². The van der Waals surface area contributed by atoms with E-state index in [-0.39, 0.29) is 23.4 Å². The Morgan fingerprint density at radius 3 is 2.48 bits per heavy atom. The Labute approximate surface area is 133 Å². The summed E-state index contributed by atoms with van der Waals surface area (Å²) in [7, 11) is 0. The van der Waals surface area contributed by atoms with Gasteiger partial charge in [0.1, 0.15) is 5.60 Å². The molecule has 0 radical (unpaired) electrons. The van der Waals surface area contributed by atoms with E-state index in [4.69, 9.17) is 4.74 Å². The molecule has 6 nitrogen and oxygen atoms in total. The van der Waals surface area contributed by atoms with Gasteiger partial charge < -0.3 is 9.84 Å². The Balaban J connectivity index is 2.54. The minimum Gasteiger partial charge on any atom is -0.462 e. The average molecular weight is 315 g/mol. The average Bonchev–Trinajstić information content (AvgIpc) is 2.55. The number of ether oxygens (including phenoxy) is 1. The van der Waals surface area contributed by atoms with Crippen molar-refractivity contribution in [1.82, 2.24) is 0 Å². The molecular weight excluding hydrogens is 298 g/mol. The van der Waals surface area contributed by atoms with Crippen LogP contribution in [-0.4, -0.2) is 22.6 Å². The molecule has 0 saturated heterocycles. The van der Waals surface area contributed by atoms with Gasteiger partial charge in [-0.25, -0.2) is 4.79 Å². The molecule has 1 unspecified atom stereocenters. The van der Waals surface area contributed by atoms with E-state index in [2.05, 4.69) is 0 Å². The molecule has 0 spiro atoms. The highest BCUT2D eigenvalue weighted by molar-refractivity contribution is 5.90. The number of hydrogen-bond acceptors (Lipinski definition) is 5. The molecule has 0 bridgehead atoms. The number of nitro groups is 1. The first-order valence-corrected chi connectivity index (χ1v) is 7.12. The summed E-state index contributed by atoms with van der Waals surface area (Å²) in [6.07, 6.45) is 0. The van der Waals surface area contributed by atoms with Gasteiger partial charge in [0.15, 0.2) is 0 Å². The normalized spacial score (nSPS) is 13.2. The van der Waals surface area contributed by atoms with Crippen molar-refractivity contribution in [3.05, 3.63) is 75.3 Å². The van der Waals surface area contributed by atoms with E-state index < -0.39 is 16.5 Å². The van der Waals surface area contributed by atoms with Crippen molar-refractivity contribution in [2.75, 3.05) is 6.61 Å². The number of carbonyl (C=O) groups is 1. The summed E-state index contributed by atoms with van der Waals surface area (Å²) in [5.74, 6) is -0.637. The second kappa shape index (κ2) is 6.58. The van der Waals surface area contributed by atoms with Gasteiger partial charge in [-0.05, 0) is 31.5 Å². The lowest BCUT2D eigenvalue weighted by Crippen LogP contribution is -2.24. The summed E-state index contributed by atoms with van der Waals surface area (Å²) in [6, 6.07) is 12.6. The summed E-state index contributed by atoms with van der Waals surface area (Å²) in [4.78, 5) is 22.5. The van der Waals surface area contributed by atoms with Gasteiger partial charge in [0.25, 0.3) is 5.69 Å². The van der Waals surface area contributed by atoms with Crippen LogP contribution in [0.1, 0.15) is 35.3 Å². The predicted molar refractivity (Wildman–Crippen MR) is 84.2 cm³/mol. The highest BCUT2D eigenvalue weighted by atomic mass is 16.6. The van der Waals surface area contributed by atoms with Gasteiger partial charge in [-0.15, -0.1) is 0 Å². The van der Waals surface area contributed by atoms with Crippen LogP contribution in [0.5, 0.6) is 0 Å². The molecule has 0 fully saturated rings. The number of nitro benzene ring substituents is 1. The Kier molecular flexibility index (Phi) is 4.76. The maximum Gasteiger partial charge on any atom is 0.338 e. The van der Waals surface area contributed by atoms with Crippen molar-refractivity contribution in [3.8, 4) is 0 Å². The molecule has 0 saturated carbocycles. The number of nitrogens with zero attached hydrogens (tertiary/aromatic N) is 1. The SMILES string of the molecule is CCOC(=O)c1ccc(C(C)(O)c2ccccc2)c([N+](=O)[O-])c1. The van der Waals surface area contributed by atoms with Crippen LogP contribution in [0, 0.1) is 10.1 Å². The number of benzene rings is 2. The number of rotatable bonds is 5. The van der Waals surface area contributed by atoms with Gasteiger partial charge in [-0.1, -0.05) is 30.3 Å². The Hall–Kier alpha value is -2.73. The minimum atomic E-state index is -1.56. The van der Waals surface area contributed by atoms with E-state index in [0.29, 0.717) is 5.56 Å². The summed E-state index contributed by atoms with van der Waals surface area (Å²) in [5.41, 5.74) is -1.18.